The van der Waals surface area contributed by atoms with Crippen molar-refractivity contribution in [2.75, 3.05) is 23.3 Å². The zero-order chi connectivity index (χ0) is 17.5. The maximum Gasteiger partial charge on any atom is 0.224 e. The van der Waals surface area contributed by atoms with Gasteiger partial charge in [-0.3, -0.25) is 4.79 Å². The van der Waals surface area contributed by atoms with Crippen LogP contribution in [-0.4, -0.2) is 36.1 Å². The zero-order valence-corrected chi connectivity index (χ0v) is 15.9. The van der Waals surface area contributed by atoms with E-state index in [9.17, 15) is 4.79 Å². The van der Waals surface area contributed by atoms with E-state index < -0.39 is 0 Å². The first kappa shape index (κ1) is 16.5. The Morgan fingerprint density at radius 3 is 2.77 bits per heavy atom. The topological polar surface area (TPSA) is 57.3 Å². The monoisotopic (exact) mass is 370 g/mol. The molecule has 2 bridgehead atoms. The molecule has 6 heteroatoms. The van der Waals surface area contributed by atoms with Crippen molar-refractivity contribution < 1.29 is 4.79 Å². The molecular formula is C20H26N4OS. The van der Waals surface area contributed by atoms with Gasteiger partial charge < -0.3 is 15.5 Å². The fourth-order valence-electron chi connectivity index (χ4n) is 4.85. The molecule has 1 aromatic heterocycles. The molecule has 2 N–H and O–H groups in total. The third-order valence-electron chi connectivity index (χ3n) is 6.08. The van der Waals surface area contributed by atoms with Crippen molar-refractivity contribution in [1.29, 1.82) is 0 Å². The van der Waals surface area contributed by atoms with Gasteiger partial charge in [-0.15, -0.1) is 0 Å². The van der Waals surface area contributed by atoms with Crippen LogP contribution in [0.1, 0.15) is 44.9 Å². The highest BCUT2D eigenvalue weighted by Gasteiger charge is 2.34. The fourth-order valence-corrected chi connectivity index (χ4v) is 5.91. The molecule has 1 amide bonds. The summed E-state index contributed by atoms with van der Waals surface area (Å²) in [6.45, 7) is 2.23. The van der Waals surface area contributed by atoms with Crippen LogP contribution in [0.4, 0.5) is 10.8 Å². The summed E-state index contributed by atoms with van der Waals surface area (Å²) in [5.74, 6) is 0.683. The number of piperidine rings is 1. The standard InChI is InChI=1S/C20H26N4OS/c25-19(11-13-9-14-3-4-15(10-13)21-14)22-16-5-6-17-18(12-16)26-20(23-17)24-7-1-2-8-24/h5-6,12-15,21H,1-4,7-11H2,(H,22,25). The van der Waals surface area contributed by atoms with Crippen molar-refractivity contribution in [1.82, 2.24) is 10.3 Å². The molecule has 2 atom stereocenters. The summed E-state index contributed by atoms with van der Waals surface area (Å²) in [5, 5.41) is 7.88. The van der Waals surface area contributed by atoms with Crippen LogP contribution >= 0.6 is 11.3 Å². The summed E-state index contributed by atoms with van der Waals surface area (Å²) in [7, 11) is 0. The van der Waals surface area contributed by atoms with Gasteiger partial charge in [0.05, 0.1) is 10.2 Å². The van der Waals surface area contributed by atoms with Gasteiger partial charge in [-0.25, -0.2) is 4.98 Å². The number of hydrogen-bond acceptors (Lipinski definition) is 5. The molecular weight excluding hydrogens is 344 g/mol. The largest absolute Gasteiger partial charge is 0.348 e. The lowest BCUT2D eigenvalue weighted by Gasteiger charge is -2.28. The van der Waals surface area contributed by atoms with Crippen molar-refractivity contribution in [2.24, 2.45) is 5.92 Å². The Kier molecular flexibility index (Phi) is 4.33. The second-order valence-electron chi connectivity index (χ2n) is 8.10. The van der Waals surface area contributed by atoms with Crippen molar-refractivity contribution >= 4 is 38.3 Å². The van der Waals surface area contributed by atoms with Gasteiger partial charge in [0.15, 0.2) is 5.13 Å². The Hall–Kier alpha value is -1.66. The molecule has 4 heterocycles. The lowest BCUT2D eigenvalue weighted by atomic mass is 9.89. The van der Waals surface area contributed by atoms with Crippen LogP contribution in [0.3, 0.4) is 0 Å². The number of benzene rings is 1. The molecule has 3 aliphatic heterocycles. The van der Waals surface area contributed by atoms with E-state index >= 15 is 0 Å². The highest BCUT2D eigenvalue weighted by molar-refractivity contribution is 7.22. The number of carbonyl (C=O) groups excluding carboxylic acids is 1. The summed E-state index contributed by atoms with van der Waals surface area (Å²) in [6, 6.07) is 7.38. The van der Waals surface area contributed by atoms with Gasteiger partial charge in [0, 0.05) is 37.3 Å². The van der Waals surface area contributed by atoms with Crippen LogP contribution in [0.15, 0.2) is 18.2 Å². The number of fused-ring (bicyclic) bond motifs is 3. The van der Waals surface area contributed by atoms with E-state index in [4.69, 9.17) is 4.98 Å². The minimum absolute atomic E-state index is 0.153. The number of rotatable bonds is 4. The van der Waals surface area contributed by atoms with Crippen LogP contribution in [0.2, 0.25) is 0 Å². The normalized spacial score (nSPS) is 28.0. The van der Waals surface area contributed by atoms with Crippen LogP contribution in [0.5, 0.6) is 0 Å². The van der Waals surface area contributed by atoms with Gasteiger partial charge in [-0.2, -0.15) is 0 Å². The highest BCUT2D eigenvalue weighted by atomic mass is 32.1. The second kappa shape index (κ2) is 6.82. The van der Waals surface area contributed by atoms with E-state index in [1.54, 1.807) is 11.3 Å². The van der Waals surface area contributed by atoms with E-state index in [2.05, 4.69) is 21.6 Å². The lowest BCUT2D eigenvalue weighted by Crippen LogP contribution is -2.39. The maximum atomic E-state index is 12.5. The van der Waals surface area contributed by atoms with Crippen LogP contribution in [0, 0.1) is 5.92 Å². The zero-order valence-electron chi connectivity index (χ0n) is 15.0. The number of nitrogens with zero attached hydrogens (tertiary/aromatic N) is 2. The SMILES string of the molecule is O=C(CC1CC2CCC(C1)N2)Nc1ccc2nc(N3CCCC3)sc2c1. The number of carbonyl (C=O) groups is 1. The first-order valence-electron chi connectivity index (χ1n) is 9.94. The Balaban J connectivity index is 1.24. The van der Waals surface area contributed by atoms with Gasteiger partial charge >= 0.3 is 0 Å². The predicted molar refractivity (Wildman–Crippen MR) is 107 cm³/mol. The Morgan fingerprint density at radius 2 is 2.00 bits per heavy atom. The van der Waals surface area contributed by atoms with Crippen molar-refractivity contribution in [3.8, 4) is 0 Å². The molecule has 0 saturated carbocycles. The first-order chi connectivity index (χ1) is 12.7. The summed E-state index contributed by atoms with van der Waals surface area (Å²) in [4.78, 5) is 19.6. The van der Waals surface area contributed by atoms with Gasteiger partial charge in [0.1, 0.15) is 0 Å². The number of amides is 1. The molecule has 5 rings (SSSR count). The van der Waals surface area contributed by atoms with Gasteiger partial charge in [0.25, 0.3) is 0 Å². The van der Waals surface area contributed by atoms with Crippen molar-refractivity contribution in [2.45, 2.75) is 57.0 Å². The van der Waals surface area contributed by atoms with E-state index in [0.717, 1.165) is 47.0 Å². The van der Waals surface area contributed by atoms with Crippen molar-refractivity contribution in [3.63, 3.8) is 0 Å². The molecule has 2 aromatic rings. The highest BCUT2D eigenvalue weighted by Crippen LogP contribution is 2.34. The summed E-state index contributed by atoms with van der Waals surface area (Å²) in [5.41, 5.74) is 1.93. The average Bonchev–Trinajstić information content (AvgIpc) is 3.34. The van der Waals surface area contributed by atoms with E-state index in [1.165, 1.54) is 25.7 Å². The predicted octanol–water partition coefficient (Wildman–Crippen LogP) is 3.76. The van der Waals surface area contributed by atoms with Gasteiger partial charge in [0.2, 0.25) is 5.91 Å². The molecule has 5 nitrogen and oxygen atoms in total. The molecule has 3 saturated heterocycles. The summed E-state index contributed by atoms with van der Waals surface area (Å²) >= 11 is 1.74. The number of hydrogen-bond donors (Lipinski definition) is 2. The van der Waals surface area contributed by atoms with Crippen LogP contribution < -0.4 is 15.5 Å². The second-order valence-corrected chi connectivity index (χ2v) is 9.11. The average molecular weight is 371 g/mol. The molecule has 26 heavy (non-hydrogen) atoms. The third kappa shape index (κ3) is 3.32. The molecule has 138 valence electrons. The minimum Gasteiger partial charge on any atom is -0.348 e. The molecule has 0 radical (unpaired) electrons. The quantitative estimate of drug-likeness (QED) is 0.860. The number of thiazole rings is 1. The number of nitrogens with one attached hydrogen (secondary N) is 2. The summed E-state index contributed by atoms with van der Waals surface area (Å²) in [6.07, 6.45) is 8.03. The van der Waals surface area contributed by atoms with Crippen LogP contribution in [-0.2, 0) is 4.79 Å². The Bertz CT molecular complexity index is 801. The molecule has 1 aromatic carbocycles. The molecule has 0 spiro atoms. The number of aromatic nitrogens is 1. The minimum atomic E-state index is 0.153. The maximum absolute atomic E-state index is 12.5. The van der Waals surface area contributed by atoms with Gasteiger partial charge in [-0.1, -0.05) is 11.3 Å². The molecule has 2 unspecified atom stereocenters. The molecule has 3 aliphatic rings. The Morgan fingerprint density at radius 1 is 1.23 bits per heavy atom. The van der Waals surface area contributed by atoms with Crippen molar-refractivity contribution in [3.05, 3.63) is 18.2 Å². The smallest absolute Gasteiger partial charge is 0.224 e. The van der Waals surface area contributed by atoms with E-state index in [1.807, 2.05) is 12.1 Å². The fraction of sp³-hybridized carbons (Fsp3) is 0.600. The molecule has 0 aliphatic carbocycles. The Labute approximate surface area is 158 Å². The first-order valence-corrected chi connectivity index (χ1v) is 10.8. The summed E-state index contributed by atoms with van der Waals surface area (Å²) < 4.78 is 1.16. The molecule has 3 fully saturated rings. The van der Waals surface area contributed by atoms with E-state index in [0.29, 0.717) is 24.4 Å². The van der Waals surface area contributed by atoms with Gasteiger partial charge in [-0.05, 0) is 62.6 Å². The van der Waals surface area contributed by atoms with E-state index in [-0.39, 0.29) is 5.91 Å². The lowest BCUT2D eigenvalue weighted by molar-refractivity contribution is -0.117. The van der Waals surface area contributed by atoms with Crippen LogP contribution in [0.25, 0.3) is 10.2 Å². The third-order valence-corrected chi connectivity index (χ3v) is 7.16. The number of anilines is 2.